The van der Waals surface area contributed by atoms with Crippen LogP contribution in [0, 0.1) is 0 Å². The Balaban J connectivity index is 2.29. The molecule has 2 rings (SSSR count). The number of nitrogens with zero attached hydrogens (tertiary/aromatic N) is 1. The first-order valence-electron chi connectivity index (χ1n) is 6.18. The van der Waals surface area contributed by atoms with Crippen molar-refractivity contribution >= 4 is 21.8 Å². The van der Waals surface area contributed by atoms with Crippen LogP contribution in [0.1, 0.15) is 22.8 Å². The maximum atomic E-state index is 12.7. The second kappa shape index (κ2) is 5.73. The highest BCUT2D eigenvalue weighted by molar-refractivity contribution is 9.10. The van der Waals surface area contributed by atoms with Gasteiger partial charge in [-0.2, -0.15) is 13.2 Å². The Hall–Kier alpha value is -1.08. The van der Waals surface area contributed by atoms with E-state index in [1.807, 2.05) is 6.92 Å². The zero-order valence-corrected chi connectivity index (χ0v) is 12.4. The topological polar surface area (TPSA) is 32.3 Å². The van der Waals surface area contributed by atoms with E-state index in [-0.39, 0.29) is 17.5 Å². The minimum Gasteiger partial charge on any atom is -0.336 e. The van der Waals surface area contributed by atoms with E-state index >= 15 is 0 Å². The van der Waals surface area contributed by atoms with E-state index in [9.17, 15) is 18.0 Å². The molecule has 3 nitrogen and oxygen atoms in total. The zero-order chi connectivity index (χ0) is 14.9. The second-order valence-corrected chi connectivity index (χ2v) is 5.65. The van der Waals surface area contributed by atoms with Gasteiger partial charge < -0.3 is 10.2 Å². The number of halogens is 4. The third kappa shape index (κ3) is 3.32. The van der Waals surface area contributed by atoms with Gasteiger partial charge >= 0.3 is 6.18 Å². The van der Waals surface area contributed by atoms with Crippen molar-refractivity contribution in [3.63, 3.8) is 0 Å². The van der Waals surface area contributed by atoms with Gasteiger partial charge in [-0.3, -0.25) is 4.79 Å². The van der Waals surface area contributed by atoms with Crippen LogP contribution in [-0.2, 0) is 6.18 Å². The highest BCUT2D eigenvalue weighted by Crippen LogP contribution is 2.32. The first-order valence-corrected chi connectivity index (χ1v) is 6.97. The Morgan fingerprint density at radius 2 is 2.15 bits per heavy atom. The molecule has 1 saturated heterocycles. The predicted molar refractivity (Wildman–Crippen MR) is 72.5 cm³/mol. The van der Waals surface area contributed by atoms with Crippen LogP contribution in [0.15, 0.2) is 22.7 Å². The molecule has 110 valence electrons. The summed E-state index contributed by atoms with van der Waals surface area (Å²) in [5, 5.41) is 3.18. The molecule has 1 aromatic carbocycles. The summed E-state index contributed by atoms with van der Waals surface area (Å²) < 4.78 is 38.5. The van der Waals surface area contributed by atoms with Gasteiger partial charge in [0.25, 0.3) is 5.91 Å². The number of alkyl halides is 3. The second-order valence-electron chi connectivity index (χ2n) is 4.80. The Bertz CT molecular complexity index is 519. The van der Waals surface area contributed by atoms with Gasteiger partial charge in [-0.25, -0.2) is 0 Å². The van der Waals surface area contributed by atoms with Gasteiger partial charge in [0, 0.05) is 30.1 Å². The lowest BCUT2D eigenvalue weighted by Crippen LogP contribution is -2.51. The summed E-state index contributed by atoms with van der Waals surface area (Å²) in [4.78, 5) is 13.9. The summed E-state index contributed by atoms with van der Waals surface area (Å²) in [5.41, 5.74) is -0.763. The Morgan fingerprint density at radius 1 is 1.45 bits per heavy atom. The number of nitrogens with one attached hydrogen (secondary N) is 1. The molecule has 1 aliphatic rings. The van der Waals surface area contributed by atoms with Crippen molar-refractivity contribution in [3.8, 4) is 0 Å². The fourth-order valence-electron chi connectivity index (χ4n) is 2.15. The maximum Gasteiger partial charge on any atom is 0.416 e. The molecule has 1 heterocycles. The van der Waals surface area contributed by atoms with Crippen molar-refractivity contribution in [2.45, 2.75) is 19.1 Å². The molecule has 1 atom stereocenters. The van der Waals surface area contributed by atoms with Gasteiger partial charge in [0.15, 0.2) is 0 Å². The SMILES string of the molecule is C[C@@H]1CN(C(=O)c2cc(C(F)(F)F)ccc2Br)CCN1. The number of amides is 1. The van der Waals surface area contributed by atoms with Crippen LogP contribution in [-0.4, -0.2) is 36.5 Å². The number of rotatable bonds is 1. The molecule has 7 heteroatoms. The predicted octanol–water partition coefficient (Wildman–Crippen LogP) is 2.90. The normalized spacial score (nSPS) is 20.1. The van der Waals surface area contributed by atoms with Crippen molar-refractivity contribution in [2.24, 2.45) is 0 Å². The van der Waals surface area contributed by atoms with E-state index < -0.39 is 11.7 Å². The summed E-state index contributed by atoms with van der Waals surface area (Å²) in [6.45, 7) is 3.55. The molecule has 0 spiro atoms. The third-order valence-corrected chi connectivity index (χ3v) is 3.87. The molecule has 0 aromatic heterocycles. The fourth-order valence-corrected chi connectivity index (χ4v) is 2.57. The van der Waals surface area contributed by atoms with Crippen molar-refractivity contribution in [3.05, 3.63) is 33.8 Å². The maximum absolute atomic E-state index is 12.7. The van der Waals surface area contributed by atoms with E-state index in [2.05, 4.69) is 21.2 Å². The van der Waals surface area contributed by atoms with Crippen molar-refractivity contribution in [1.29, 1.82) is 0 Å². The minimum absolute atomic E-state index is 0.0499. The van der Waals surface area contributed by atoms with E-state index in [4.69, 9.17) is 0 Å². The van der Waals surface area contributed by atoms with Gasteiger partial charge in [0.05, 0.1) is 11.1 Å². The van der Waals surface area contributed by atoms with Crippen LogP contribution in [0.5, 0.6) is 0 Å². The van der Waals surface area contributed by atoms with E-state index in [0.29, 0.717) is 24.1 Å². The van der Waals surface area contributed by atoms with Gasteiger partial charge in [-0.05, 0) is 41.1 Å². The monoisotopic (exact) mass is 350 g/mol. The molecular formula is C13H14BrF3N2O. The molecule has 0 unspecified atom stereocenters. The first kappa shape index (κ1) is 15.3. The third-order valence-electron chi connectivity index (χ3n) is 3.18. The summed E-state index contributed by atoms with van der Waals surface area (Å²) >= 11 is 3.15. The lowest BCUT2D eigenvalue weighted by Gasteiger charge is -2.32. The van der Waals surface area contributed by atoms with E-state index in [1.54, 1.807) is 4.90 Å². The average Bonchev–Trinajstić information content (AvgIpc) is 2.37. The molecule has 1 fully saturated rings. The molecule has 1 aliphatic heterocycles. The Kier molecular flexibility index (Phi) is 4.39. The molecule has 0 saturated carbocycles. The van der Waals surface area contributed by atoms with Gasteiger partial charge in [0.1, 0.15) is 0 Å². The Labute approximate surface area is 123 Å². The molecule has 0 aliphatic carbocycles. The van der Waals surface area contributed by atoms with Crippen LogP contribution < -0.4 is 5.32 Å². The van der Waals surface area contributed by atoms with Crippen LogP contribution in [0.2, 0.25) is 0 Å². The molecule has 1 N–H and O–H groups in total. The highest BCUT2D eigenvalue weighted by Gasteiger charge is 2.32. The smallest absolute Gasteiger partial charge is 0.336 e. The number of hydrogen-bond donors (Lipinski definition) is 1. The van der Waals surface area contributed by atoms with Crippen molar-refractivity contribution in [2.75, 3.05) is 19.6 Å². The fraction of sp³-hybridized carbons (Fsp3) is 0.462. The lowest BCUT2D eigenvalue weighted by molar-refractivity contribution is -0.137. The van der Waals surface area contributed by atoms with Crippen LogP contribution in [0.3, 0.4) is 0 Å². The highest BCUT2D eigenvalue weighted by atomic mass is 79.9. The van der Waals surface area contributed by atoms with E-state index in [0.717, 1.165) is 12.1 Å². The average molecular weight is 351 g/mol. The first-order chi connectivity index (χ1) is 9.29. The largest absolute Gasteiger partial charge is 0.416 e. The standard InChI is InChI=1S/C13H14BrF3N2O/c1-8-7-19(5-4-18-8)12(20)10-6-9(13(15,16)17)2-3-11(10)14/h2-3,6,8,18H,4-5,7H2,1H3/t8-/m1/s1. The number of carbonyl (C=O) groups is 1. The summed E-state index contributed by atoms with van der Waals surface area (Å²) in [5.74, 6) is -0.378. The van der Waals surface area contributed by atoms with Crippen LogP contribution in [0.25, 0.3) is 0 Å². The quantitative estimate of drug-likeness (QED) is 0.844. The zero-order valence-electron chi connectivity index (χ0n) is 10.8. The van der Waals surface area contributed by atoms with Crippen LogP contribution in [0.4, 0.5) is 13.2 Å². The summed E-state index contributed by atoms with van der Waals surface area (Å²) in [7, 11) is 0. The number of carbonyl (C=O) groups excluding carboxylic acids is 1. The van der Waals surface area contributed by atoms with Crippen molar-refractivity contribution < 1.29 is 18.0 Å². The molecule has 1 aromatic rings. The number of benzene rings is 1. The lowest BCUT2D eigenvalue weighted by atomic mass is 10.1. The molecular weight excluding hydrogens is 337 g/mol. The molecule has 0 bridgehead atoms. The number of piperazine rings is 1. The Morgan fingerprint density at radius 3 is 2.75 bits per heavy atom. The van der Waals surface area contributed by atoms with Gasteiger partial charge in [-0.15, -0.1) is 0 Å². The minimum atomic E-state index is -4.45. The van der Waals surface area contributed by atoms with Gasteiger partial charge in [0.2, 0.25) is 0 Å². The number of hydrogen-bond acceptors (Lipinski definition) is 2. The molecule has 20 heavy (non-hydrogen) atoms. The summed E-state index contributed by atoms with van der Waals surface area (Å²) in [6.07, 6.45) is -4.45. The van der Waals surface area contributed by atoms with Crippen molar-refractivity contribution in [1.82, 2.24) is 10.2 Å². The van der Waals surface area contributed by atoms with Gasteiger partial charge in [-0.1, -0.05) is 0 Å². The molecule has 1 amide bonds. The van der Waals surface area contributed by atoms with E-state index in [1.165, 1.54) is 6.07 Å². The molecule has 0 radical (unpaired) electrons. The van der Waals surface area contributed by atoms with Crippen LogP contribution >= 0.6 is 15.9 Å². The summed E-state index contributed by atoms with van der Waals surface area (Å²) in [6, 6.07) is 3.26.